The monoisotopic (exact) mass is 393 g/mol. The van der Waals surface area contributed by atoms with Crippen molar-refractivity contribution < 1.29 is 19.2 Å². The number of anilines is 1. The molecular weight excluding hydrogens is 362 g/mol. The summed E-state index contributed by atoms with van der Waals surface area (Å²) in [7, 11) is 3.05. The molecule has 2 heterocycles. The molecule has 0 aliphatic carbocycles. The average Bonchev–Trinajstić information content (AvgIpc) is 2.64. The lowest BCUT2D eigenvalue weighted by atomic mass is 10.1. The van der Waals surface area contributed by atoms with E-state index in [4.69, 9.17) is 9.57 Å². The zero-order valence-corrected chi connectivity index (χ0v) is 17.7. The highest BCUT2D eigenvalue weighted by Gasteiger charge is 2.27. The number of piperazine rings is 1. The predicted octanol–water partition coefficient (Wildman–Crippen LogP) is 1.79. The minimum Gasteiger partial charge on any atom is -0.444 e. The minimum atomic E-state index is -0.507. The fourth-order valence-corrected chi connectivity index (χ4v) is 2.97. The lowest BCUT2D eigenvalue weighted by Gasteiger charge is -2.37. The number of ether oxygens (including phenoxy) is 1. The van der Waals surface area contributed by atoms with Gasteiger partial charge in [0.15, 0.2) is 0 Å². The molecule has 156 valence electrons. The van der Waals surface area contributed by atoms with Crippen LogP contribution in [-0.4, -0.2) is 77.9 Å². The van der Waals surface area contributed by atoms with E-state index < -0.39 is 5.60 Å². The third-order valence-corrected chi connectivity index (χ3v) is 4.58. The maximum Gasteiger partial charge on any atom is 0.410 e. The number of carbonyl (C=O) groups is 2. The summed E-state index contributed by atoms with van der Waals surface area (Å²) in [5.41, 5.74) is 1.30. The molecule has 0 bridgehead atoms. The first-order chi connectivity index (χ1) is 13.1. The van der Waals surface area contributed by atoms with Gasteiger partial charge in [-0.3, -0.25) is 9.63 Å². The normalized spacial score (nSPS) is 14.8. The summed E-state index contributed by atoms with van der Waals surface area (Å²) in [6, 6.07) is 0. The first-order valence-electron chi connectivity index (χ1n) is 9.46. The van der Waals surface area contributed by atoms with Gasteiger partial charge in [-0.1, -0.05) is 0 Å². The number of hydrogen-bond acceptors (Lipinski definition) is 7. The highest BCUT2D eigenvalue weighted by molar-refractivity contribution is 5.75. The van der Waals surface area contributed by atoms with Crippen molar-refractivity contribution in [1.82, 2.24) is 19.9 Å². The molecule has 0 N–H and O–H groups in total. The summed E-state index contributed by atoms with van der Waals surface area (Å²) in [4.78, 5) is 41.8. The van der Waals surface area contributed by atoms with Gasteiger partial charge in [0.05, 0.1) is 7.11 Å². The van der Waals surface area contributed by atoms with E-state index in [0.717, 1.165) is 17.1 Å². The minimum absolute atomic E-state index is 0.105. The molecule has 2 amide bonds. The van der Waals surface area contributed by atoms with Crippen molar-refractivity contribution in [3.8, 4) is 0 Å². The summed E-state index contributed by atoms with van der Waals surface area (Å²) < 4.78 is 5.45. The van der Waals surface area contributed by atoms with Gasteiger partial charge < -0.3 is 14.5 Å². The van der Waals surface area contributed by atoms with Crippen LogP contribution in [-0.2, 0) is 20.8 Å². The predicted molar refractivity (Wildman–Crippen MR) is 105 cm³/mol. The summed E-state index contributed by atoms with van der Waals surface area (Å²) in [5, 5.41) is 1.22. The van der Waals surface area contributed by atoms with E-state index >= 15 is 0 Å². The Morgan fingerprint density at radius 2 is 1.82 bits per heavy atom. The van der Waals surface area contributed by atoms with Gasteiger partial charge in [0.1, 0.15) is 17.7 Å². The molecule has 1 aromatic rings. The Bertz CT molecular complexity index is 696. The molecule has 1 fully saturated rings. The number of aromatic nitrogens is 2. The van der Waals surface area contributed by atoms with Crippen LogP contribution in [0.2, 0.25) is 0 Å². The third kappa shape index (κ3) is 5.79. The molecular formula is C19H31N5O4. The summed E-state index contributed by atoms with van der Waals surface area (Å²) in [5.74, 6) is 0.718. The van der Waals surface area contributed by atoms with Crippen molar-refractivity contribution in [3.63, 3.8) is 0 Å². The van der Waals surface area contributed by atoms with E-state index in [2.05, 4.69) is 14.9 Å². The number of rotatable bonds is 5. The van der Waals surface area contributed by atoms with E-state index in [-0.39, 0.29) is 12.0 Å². The van der Waals surface area contributed by atoms with Gasteiger partial charge >= 0.3 is 6.09 Å². The number of hydroxylamine groups is 2. The fourth-order valence-electron chi connectivity index (χ4n) is 2.97. The first kappa shape index (κ1) is 21.9. The van der Waals surface area contributed by atoms with Crippen LogP contribution in [0.25, 0.3) is 0 Å². The van der Waals surface area contributed by atoms with E-state index in [9.17, 15) is 9.59 Å². The van der Waals surface area contributed by atoms with Gasteiger partial charge in [-0.05, 0) is 34.1 Å². The van der Waals surface area contributed by atoms with Crippen molar-refractivity contribution in [2.24, 2.45) is 0 Å². The molecule has 0 spiro atoms. The van der Waals surface area contributed by atoms with Crippen molar-refractivity contribution >= 4 is 17.8 Å². The van der Waals surface area contributed by atoms with Gasteiger partial charge in [-0.2, -0.15) is 0 Å². The first-order valence-corrected chi connectivity index (χ1v) is 9.46. The second kappa shape index (κ2) is 9.18. The highest BCUT2D eigenvalue weighted by Crippen LogP contribution is 2.23. The van der Waals surface area contributed by atoms with Crippen LogP contribution in [0.1, 0.15) is 38.4 Å². The molecule has 0 radical (unpaired) electrons. The van der Waals surface area contributed by atoms with Crippen molar-refractivity contribution in [3.05, 3.63) is 17.6 Å². The van der Waals surface area contributed by atoms with Gasteiger partial charge in [-0.15, -0.1) is 0 Å². The van der Waals surface area contributed by atoms with Crippen molar-refractivity contribution in [2.75, 3.05) is 45.2 Å². The van der Waals surface area contributed by atoms with Crippen LogP contribution >= 0.6 is 0 Å². The largest absolute Gasteiger partial charge is 0.444 e. The molecule has 2 rings (SSSR count). The molecule has 0 unspecified atom stereocenters. The molecule has 1 saturated heterocycles. The zero-order valence-electron chi connectivity index (χ0n) is 17.7. The second-order valence-electron chi connectivity index (χ2n) is 7.79. The van der Waals surface area contributed by atoms with Gasteiger partial charge in [-0.25, -0.2) is 19.8 Å². The second-order valence-corrected chi connectivity index (χ2v) is 7.79. The summed E-state index contributed by atoms with van der Waals surface area (Å²) in [6.07, 6.45) is 2.08. The van der Waals surface area contributed by atoms with Gasteiger partial charge in [0.2, 0.25) is 5.91 Å². The number of carbonyl (C=O) groups excluding carboxylic acids is 2. The summed E-state index contributed by atoms with van der Waals surface area (Å²) >= 11 is 0. The van der Waals surface area contributed by atoms with Crippen molar-refractivity contribution in [2.45, 2.75) is 46.1 Å². The number of nitrogens with zero attached hydrogens (tertiary/aromatic N) is 5. The summed E-state index contributed by atoms with van der Waals surface area (Å²) in [6.45, 7) is 9.91. The molecule has 1 aliphatic rings. The Morgan fingerprint density at radius 1 is 1.18 bits per heavy atom. The Kier molecular flexibility index (Phi) is 7.17. The van der Waals surface area contributed by atoms with Gasteiger partial charge in [0, 0.05) is 50.9 Å². The average molecular weight is 393 g/mol. The smallest absolute Gasteiger partial charge is 0.410 e. The molecule has 0 atom stereocenters. The SMILES string of the molecule is CON(C)C(=O)CCc1c(C)ncnc1N1CCN(C(=O)OC(C)(C)C)CC1. The van der Waals surface area contributed by atoms with Crippen LogP contribution in [0.4, 0.5) is 10.6 Å². The molecule has 1 aliphatic heterocycles. The molecule has 28 heavy (non-hydrogen) atoms. The van der Waals surface area contributed by atoms with E-state index in [1.807, 2.05) is 27.7 Å². The number of amides is 2. The Labute approximate surface area is 166 Å². The maximum absolute atomic E-state index is 12.3. The Balaban J connectivity index is 2.04. The molecule has 9 nitrogen and oxygen atoms in total. The lowest BCUT2D eigenvalue weighted by Crippen LogP contribution is -2.50. The van der Waals surface area contributed by atoms with Crippen LogP contribution in [0.5, 0.6) is 0 Å². The molecule has 1 aromatic heterocycles. The van der Waals surface area contributed by atoms with Crippen LogP contribution in [0.15, 0.2) is 6.33 Å². The number of hydrogen-bond donors (Lipinski definition) is 0. The Morgan fingerprint density at radius 3 is 2.39 bits per heavy atom. The van der Waals surface area contributed by atoms with E-state index in [1.54, 1.807) is 11.9 Å². The zero-order chi connectivity index (χ0) is 20.9. The Hall–Kier alpha value is -2.42. The van der Waals surface area contributed by atoms with Crippen LogP contribution in [0.3, 0.4) is 0 Å². The fraction of sp³-hybridized carbons (Fsp3) is 0.684. The molecule has 0 saturated carbocycles. The molecule has 9 heteroatoms. The van der Waals surface area contributed by atoms with Crippen LogP contribution < -0.4 is 4.90 Å². The molecule has 0 aromatic carbocycles. The maximum atomic E-state index is 12.3. The number of aryl methyl sites for hydroxylation is 1. The van der Waals surface area contributed by atoms with E-state index in [0.29, 0.717) is 39.0 Å². The van der Waals surface area contributed by atoms with Crippen molar-refractivity contribution in [1.29, 1.82) is 0 Å². The lowest BCUT2D eigenvalue weighted by molar-refractivity contribution is -0.168. The highest BCUT2D eigenvalue weighted by atomic mass is 16.7. The van der Waals surface area contributed by atoms with Crippen LogP contribution in [0, 0.1) is 6.92 Å². The quantitative estimate of drug-likeness (QED) is 0.705. The standard InChI is InChI=1S/C19H31N5O4/c1-14-15(7-8-16(25)22(5)27-6)17(21-13-20-14)23-9-11-24(12-10-23)18(26)28-19(2,3)4/h13H,7-12H2,1-6H3. The van der Waals surface area contributed by atoms with Gasteiger partial charge in [0.25, 0.3) is 0 Å². The van der Waals surface area contributed by atoms with E-state index in [1.165, 1.54) is 18.5 Å². The topological polar surface area (TPSA) is 88.1 Å². The third-order valence-electron chi connectivity index (χ3n) is 4.58.